The van der Waals surface area contributed by atoms with Gasteiger partial charge in [-0.05, 0) is 32.6 Å². The van der Waals surface area contributed by atoms with Gasteiger partial charge in [0, 0.05) is 0 Å². The van der Waals surface area contributed by atoms with E-state index >= 15 is 0 Å². The zero-order valence-electron chi connectivity index (χ0n) is 6.71. The molecule has 10 heavy (non-hydrogen) atoms. The minimum absolute atomic E-state index is 0.206. The Hall–Kier alpha value is -0.0800. The molecule has 0 spiro atoms. The molecule has 0 amide bonds. The fourth-order valence-corrected chi connectivity index (χ4v) is 0.908. The van der Waals surface area contributed by atoms with Gasteiger partial charge < -0.3 is 9.84 Å². The van der Waals surface area contributed by atoms with Crippen molar-refractivity contribution in [2.24, 2.45) is 5.92 Å². The fraction of sp³-hybridized carbons (Fsp3) is 1.00. The van der Waals surface area contributed by atoms with Crippen LogP contribution in [0.15, 0.2) is 0 Å². The molecule has 2 heteroatoms. The van der Waals surface area contributed by atoms with Gasteiger partial charge in [0.15, 0.2) is 0 Å². The first-order chi connectivity index (χ1) is 4.70. The summed E-state index contributed by atoms with van der Waals surface area (Å²) < 4.78 is 5.25. The Morgan fingerprint density at radius 2 is 2.10 bits per heavy atom. The highest BCUT2D eigenvalue weighted by Crippen LogP contribution is 2.32. The molecule has 1 fully saturated rings. The van der Waals surface area contributed by atoms with Crippen LogP contribution in [0.1, 0.15) is 26.7 Å². The predicted octanol–water partition coefficient (Wildman–Crippen LogP) is 1.18. The number of hydrogen-bond donors (Lipinski definition) is 1. The third kappa shape index (κ3) is 2.67. The Bertz CT molecular complexity index is 97.4. The van der Waals surface area contributed by atoms with Gasteiger partial charge in [-0.1, -0.05) is 0 Å². The van der Waals surface area contributed by atoms with Crippen molar-refractivity contribution in [3.8, 4) is 0 Å². The van der Waals surface area contributed by atoms with Crippen LogP contribution in [-0.4, -0.2) is 23.9 Å². The van der Waals surface area contributed by atoms with Gasteiger partial charge in [-0.3, -0.25) is 0 Å². The highest BCUT2D eigenvalue weighted by Gasteiger charge is 2.29. The Labute approximate surface area is 62.2 Å². The standard InChI is InChI=1S/C8H16O2/c1-6(2)10-5-8(9)7-3-4-7/h6-9H,3-5H2,1-2H3. The Kier molecular flexibility index (Phi) is 2.69. The van der Waals surface area contributed by atoms with Crippen molar-refractivity contribution >= 4 is 0 Å². The van der Waals surface area contributed by atoms with E-state index < -0.39 is 0 Å². The molecule has 2 nitrogen and oxygen atoms in total. The van der Waals surface area contributed by atoms with E-state index in [4.69, 9.17) is 4.74 Å². The fourth-order valence-electron chi connectivity index (χ4n) is 0.908. The topological polar surface area (TPSA) is 29.5 Å². The molecule has 1 rings (SSSR count). The molecule has 1 N–H and O–H groups in total. The molecule has 0 saturated heterocycles. The molecule has 0 aliphatic heterocycles. The van der Waals surface area contributed by atoms with Crippen molar-refractivity contribution < 1.29 is 9.84 Å². The molecule has 0 heterocycles. The van der Waals surface area contributed by atoms with Crippen molar-refractivity contribution in [3.05, 3.63) is 0 Å². The highest BCUT2D eigenvalue weighted by atomic mass is 16.5. The van der Waals surface area contributed by atoms with Crippen molar-refractivity contribution in [2.45, 2.75) is 38.9 Å². The third-order valence-electron chi connectivity index (χ3n) is 1.77. The quantitative estimate of drug-likeness (QED) is 0.642. The second-order valence-electron chi connectivity index (χ2n) is 3.29. The first kappa shape index (κ1) is 8.02. The third-order valence-corrected chi connectivity index (χ3v) is 1.77. The predicted molar refractivity (Wildman–Crippen MR) is 39.8 cm³/mol. The summed E-state index contributed by atoms with van der Waals surface area (Å²) in [5.74, 6) is 0.541. The van der Waals surface area contributed by atoms with Crippen molar-refractivity contribution in [1.29, 1.82) is 0 Å². The van der Waals surface area contributed by atoms with Gasteiger partial charge in [0.05, 0.1) is 18.8 Å². The Morgan fingerprint density at radius 3 is 2.50 bits per heavy atom. The molecule has 0 aromatic heterocycles. The number of hydrogen-bond acceptors (Lipinski definition) is 2. The molecule has 60 valence electrons. The minimum Gasteiger partial charge on any atom is -0.390 e. The van der Waals surface area contributed by atoms with Gasteiger partial charge in [0.2, 0.25) is 0 Å². The van der Waals surface area contributed by atoms with E-state index in [1.807, 2.05) is 13.8 Å². The highest BCUT2D eigenvalue weighted by molar-refractivity contribution is 4.80. The number of rotatable bonds is 4. The first-order valence-electron chi connectivity index (χ1n) is 4.00. The van der Waals surface area contributed by atoms with Crippen LogP contribution in [0.4, 0.5) is 0 Å². The molecular weight excluding hydrogens is 128 g/mol. The van der Waals surface area contributed by atoms with Crippen molar-refractivity contribution in [3.63, 3.8) is 0 Å². The molecule has 1 atom stereocenters. The second kappa shape index (κ2) is 3.35. The number of ether oxygens (including phenoxy) is 1. The number of aliphatic hydroxyl groups is 1. The van der Waals surface area contributed by atoms with E-state index in [9.17, 15) is 5.11 Å². The van der Waals surface area contributed by atoms with E-state index in [1.54, 1.807) is 0 Å². The molecule has 1 aliphatic carbocycles. The van der Waals surface area contributed by atoms with E-state index in [1.165, 1.54) is 12.8 Å². The van der Waals surface area contributed by atoms with Crippen molar-refractivity contribution in [1.82, 2.24) is 0 Å². The molecule has 0 aromatic rings. The zero-order valence-corrected chi connectivity index (χ0v) is 6.71. The Morgan fingerprint density at radius 1 is 1.50 bits per heavy atom. The largest absolute Gasteiger partial charge is 0.390 e. The van der Waals surface area contributed by atoms with E-state index in [-0.39, 0.29) is 12.2 Å². The lowest BCUT2D eigenvalue weighted by Crippen LogP contribution is -2.19. The van der Waals surface area contributed by atoms with Gasteiger partial charge in [-0.25, -0.2) is 0 Å². The smallest absolute Gasteiger partial charge is 0.0801 e. The summed E-state index contributed by atoms with van der Waals surface area (Å²) in [5.41, 5.74) is 0. The normalized spacial score (nSPS) is 21.6. The molecule has 1 aliphatic rings. The van der Waals surface area contributed by atoms with E-state index in [0.717, 1.165) is 0 Å². The van der Waals surface area contributed by atoms with Crippen LogP contribution >= 0.6 is 0 Å². The van der Waals surface area contributed by atoms with Gasteiger partial charge >= 0.3 is 0 Å². The zero-order chi connectivity index (χ0) is 7.56. The first-order valence-corrected chi connectivity index (χ1v) is 4.00. The van der Waals surface area contributed by atoms with Crippen LogP contribution in [0.2, 0.25) is 0 Å². The maximum atomic E-state index is 9.31. The van der Waals surface area contributed by atoms with Gasteiger partial charge in [0.25, 0.3) is 0 Å². The summed E-state index contributed by atoms with van der Waals surface area (Å²) in [6.07, 6.45) is 2.40. The van der Waals surface area contributed by atoms with E-state index in [2.05, 4.69) is 0 Å². The molecule has 0 bridgehead atoms. The SMILES string of the molecule is CC(C)OCC(O)C1CC1. The summed E-state index contributed by atoms with van der Waals surface area (Å²) in [6.45, 7) is 4.49. The van der Waals surface area contributed by atoms with Crippen LogP contribution in [-0.2, 0) is 4.74 Å². The van der Waals surface area contributed by atoms with Crippen LogP contribution in [0.25, 0.3) is 0 Å². The Balaban J connectivity index is 2.00. The maximum Gasteiger partial charge on any atom is 0.0801 e. The van der Waals surface area contributed by atoms with Crippen molar-refractivity contribution in [2.75, 3.05) is 6.61 Å². The second-order valence-corrected chi connectivity index (χ2v) is 3.29. The minimum atomic E-state index is -0.206. The van der Waals surface area contributed by atoms with Crippen LogP contribution in [0, 0.1) is 5.92 Å². The van der Waals surface area contributed by atoms with Gasteiger partial charge in [0.1, 0.15) is 0 Å². The molecule has 1 saturated carbocycles. The van der Waals surface area contributed by atoms with Crippen LogP contribution in [0.3, 0.4) is 0 Å². The lowest BCUT2D eigenvalue weighted by Gasteiger charge is -2.11. The lowest BCUT2D eigenvalue weighted by molar-refractivity contribution is -0.00297. The van der Waals surface area contributed by atoms with Gasteiger partial charge in [-0.15, -0.1) is 0 Å². The van der Waals surface area contributed by atoms with E-state index in [0.29, 0.717) is 12.5 Å². The molecular formula is C8H16O2. The van der Waals surface area contributed by atoms with Crippen LogP contribution in [0.5, 0.6) is 0 Å². The summed E-state index contributed by atoms with van der Waals surface area (Å²) in [5, 5.41) is 9.31. The van der Waals surface area contributed by atoms with Crippen LogP contribution < -0.4 is 0 Å². The molecule has 0 aromatic carbocycles. The summed E-state index contributed by atoms with van der Waals surface area (Å²) >= 11 is 0. The molecule has 1 unspecified atom stereocenters. The summed E-state index contributed by atoms with van der Waals surface area (Å²) in [7, 11) is 0. The molecule has 0 radical (unpaired) electrons. The summed E-state index contributed by atoms with van der Waals surface area (Å²) in [6, 6.07) is 0. The maximum absolute atomic E-state index is 9.31. The number of aliphatic hydroxyl groups excluding tert-OH is 1. The van der Waals surface area contributed by atoms with Gasteiger partial charge in [-0.2, -0.15) is 0 Å². The average Bonchev–Trinajstić information content (AvgIpc) is 2.63. The summed E-state index contributed by atoms with van der Waals surface area (Å²) in [4.78, 5) is 0. The lowest BCUT2D eigenvalue weighted by atomic mass is 10.2. The monoisotopic (exact) mass is 144 g/mol. The average molecular weight is 144 g/mol.